The minimum Gasteiger partial charge on any atom is -0.349 e. The van der Waals surface area contributed by atoms with Crippen LogP contribution < -0.4 is 10.5 Å². The van der Waals surface area contributed by atoms with Crippen molar-refractivity contribution in [2.24, 2.45) is 11.1 Å². The highest BCUT2D eigenvalue weighted by Gasteiger charge is 2.26. The molecular weight excluding hydrogens is 302 g/mol. The van der Waals surface area contributed by atoms with Crippen LogP contribution in [0.3, 0.4) is 0 Å². The smallest absolute Gasteiger partial charge is 0.257 e. The Kier molecular flexibility index (Phi) is 5.41. The van der Waals surface area contributed by atoms with E-state index in [1.54, 1.807) is 0 Å². The van der Waals surface area contributed by atoms with Crippen molar-refractivity contribution in [1.29, 1.82) is 0 Å². The maximum atomic E-state index is 14.1. The summed E-state index contributed by atoms with van der Waals surface area (Å²) in [5, 5.41) is 7.32. The molecule has 1 unspecified atom stereocenters. The molecule has 0 fully saturated rings. The second-order valence-electron chi connectivity index (χ2n) is 5.01. The molecule has 1 aromatic carbocycles. The second-order valence-corrected chi connectivity index (χ2v) is 6.54. The summed E-state index contributed by atoms with van der Waals surface area (Å²) in [6, 6.07) is 1.11. The molecule has 0 radical (unpaired) electrons. The molecule has 0 saturated heterocycles. The Morgan fingerprint density at radius 1 is 1.33 bits per heavy atom. The minimum absolute atomic E-state index is 0.0616. The van der Waals surface area contributed by atoms with Gasteiger partial charge >= 0.3 is 0 Å². The molecule has 0 spiro atoms. The Labute approximate surface area is 122 Å². The number of hydrogen-bond donors (Lipinski definition) is 2. The van der Waals surface area contributed by atoms with E-state index < -0.39 is 38.0 Å². The first-order valence-electron chi connectivity index (χ1n) is 6.41. The molecule has 118 valence electrons. The molecule has 0 saturated carbocycles. The molecule has 5 nitrogen and oxygen atoms in total. The van der Waals surface area contributed by atoms with Gasteiger partial charge in [-0.2, -0.15) is 0 Å². The molecule has 1 aromatic rings. The van der Waals surface area contributed by atoms with E-state index in [-0.39, 0.29) is 12.0 Å². The molecule has 0 heterocycles. The summed E-state index contributed by atoms with van der Waals surface area (Å²) >= 11 is 0. The van der Waals surface area contributed by atoms with Gasteiger partial charge in [-0.1, -0.05) is 20.8 Å². The van der Waals surface area contributed by atoms with E-state index >= 15 is 0 Å². The van der Waals surface area contributed by atoms with Gasteiger partial charge in [-0.05, 0) is 24.5 Å². The van der Waals surface area contributed by atoms with Crippen LogP contribution in [-0.4, -0.2) is 20.4 Å². The average Bonchev–Trinajstić information content (AvgIpc) is 2.33. The maximum Gasteiger partial charge on any atom is 0.257 e. The van der Waals surface area contributed by atoms with E-state index in [0.717, 1.165) is 0 Å². The lowest BCUT2D eigenvalue weighted by molar-refractivity contribution is 0.0915. The third-order valence-corrected chi connectivity index (χ3v) is 4.08. The lowest BCUT2D eigenvalue weighted by atomic mass is 10.0. The number of benzene rings is 1. The summed E-state index contributed by atoms with van der Waals surface area (Å²) in [6.45, 7) is 5.52. The number of hydrogen-bond acceptors (Lipinski definition) is 3. The molecule has 0 aliphatic rings. The predicted octanol–water partition coefficient (Wildman–Crippen LogP) is 1.78. The first-order valence-corrected chi connectivity index (χ1v) is 7.95. The van der Waals surface area contributed by atoms with E-state index in [2.05, 4.69) is 5.32 Å². The van der Waals surface area contributed by atoms with Crippen LogP contribution in [0.2, 0.25) is 0 Å². The molecule has 1 amide bonds. The van der Waals surface area contributed by atoms with Gasteiger partial charge in [-0.25, -0.2) is 22.3 Å². The molecule has 0 aromatic heterocycles. The molecule has 0 aliphatic carbocycles. The Morgan fingerprint density at radius 3 is 2.33 bits per heavy atom. The van der Waals surface area contributed by atoms with Crippen LogP contribution in [0.4, 0.5) is 8.78 Å². The number of rotatable bonds is 5. The van der Waals surface area contributed by atoms with Gasteiger partial charge in [-0.3, -0.25) is 4.79 Å². The monoisotopic (exact) mass is 320 g/mol. The van der Waals surface area contributed by atoms with Crippen molar-refractivity contribution < 1.29 is 22.0 Å². The molecule has 3 N–H and O–H groups in total. The summed E-state index contributed by atoms with van der Waals surface area (Å²) in [6.07, 6.45) is 0.571. The van der Waals surface area contributed by atoms with Crippen LogP contribution in [0.15, 0.2) is 17.0 Å². The molecule has 0 aliphatic heterocycles. The van der Waals surface area contributed by atoms with Crippen molar-refractivity contribution in [2.45, 2.75) is 38.1 Å². The Balaban J connectivity index is 3.27. The van der Waals surface area contributed by atoms with Crippen LogP contribution in [0.1, 0.15) is 37.6 Å². The van der Waals surface area contributed by atoms with E-state index in [9.17, 15) is 22.0 Å². The van der Waals surface area contributed by atoms with Crippen molar-refractivity contribution >= 4 is 15.9 Å². The topological polar surface area (TPSA) is 89.3 Å². The van der Waals surface area contributed by atoms with Gasteiger partial charge in [0.1, 0.15) is 16.3 Å². The van der Waals surface area contributed by atoms with Gasteiger partial charge in [0.05, 0.1) is 0 Å². The van der Waals surface area contributed by atoms with Crippen LogP contribution in [0, 0.1) is 17.6 Å². The summed E-state index contributed by atoms with van der Waals surface area (Å²) < 4.78 is 50.2. The molecule has 0 bridgehead atoms. The van der Waals surface area contributed by atoms with Crippen molar-refractivity contribution in [3.63, 3.8) is 0 Å². The zero-order valence-corrected chi connectivity index (χ0v) is 12.8. The number of amides is 1. The number of nitrogens with one attached hydrogen (secondary N) is 1. The van der Waals surface area contributed by atoms with Gasteiger partial charge in [0, 0.05) is 6.04 Å². The van der Waals surface area contributed by atoms with Crippen LogP contribution >= 0.6 is 0 Å². The number of carbonyl (C=O) groups excluding carboxylic acids is 1. The summed E-state index contributed by atoms with van der Waals surface area (Å²) in [4.78, 5) is 11.1. The van der Waals surface area contributed by atoms with E-state index in [0.29, 0.717) is 18.6 Å². The number of nitrogens with two attached hydrogens (primary N) is 1. The average molecular weight is 320 g/mol. The summed E-state index contributed by atoms with van der Waals surface area (Å²) in [7, 11) is -4.38. The lowest BCUT2D eigenvalue weighted by Gasteiger charge is -2.21. The molecular formula is C13H18F2N2O3S. The molecule has 1 rings (SSSR count). The molecule has 8 heteroatoms. The molecule has 21 heavy (non-hydrogen) atoms. The Morgan fingerprint density at radius 2 is 1.90 bits per heavy atom. The van der Waals surface area contributed by atoms with Gasteiger partial charge in [0.2, 0.25) is 10.0 Å². The van der Waals surface area contributed by atoms with Crippen LogP contribution in [0.25, 0.3) is 0 Å². The summed E-state index contributed by atoms with van der Waals surface area (Å²) in [5.74, 6) is -3.56. The Hall–Kier alpha value is -1.54. The largest absolute Gasteiger partial charge is 0.349 e. The van der Waals surface area contributed by atoms with E-state index in [1.807, 2.05) is 20.8 Å². The van der Waals surface area contributed by atoms with Crippen LogP contribution in [-0.2, 0) is 10.0 Å². The zero-order chi connectivity index (χ0) is 16.4. The summed E-state index contributed by atoms with van der Waals surface area (Å²) in [5.41, 5.74) is -0.944. The van der Waals surface area contributed by atoms with E-state index in [4.69, 9.17) is 5.14 Å². The van der Waals surface area contributed by atoms with Crippen molar-refractivity contribution in [3.8, 4) is 0 Å². The van der Waals surface area contributed by atoms with Gasteiger partial charge in [0.25, 0.3) is 5.91 Å². The maximum absolute atomic E-state index is 14.1. The fourth-order valence-electron chi connectivity index (χ4n) is 1.94. The van der Waals surface area contributed by atoms with E-state index in [1.165, 1.54) is 0 Å². The lowest BCUT2D eigenvalue weighted by Crippen LogP contribution is -2.39. The van der Waals surface area contributed by atoms with Gasteiger partial charge in [-0.15, -0.1) is 0 Å². The zero-order valence-electron chi connectivity index (χ0n) is 12.0. The quantitative estimate of drug-likeness (QED) is 0.866. The molecule has 1 atom stereocenters. The van der Waals surface area contributed by atoms with Gasteiger partial charge in [0.15, 0.2) is 5.82 Å². The number of halogens is 2. The van der Waals surface area contributed by atoms with Crippen molar-refractivity contribution in [3.05, 3.63) is 29.3 Å². The number of carbonyl (C=O) groups is 1. The van der Waals surface area contributed by atoms with Crippen LogP contribution in [0.5, 0.6) is 0 Å². The minimum atomic E-state index is -4.38. The van der Waals surface area contributed by atoms with Gasteiger partial charge < -0.3 is 5.32 Å². The third-order valence-electron chi connectivity index (χ3n) is 3.15. The first kappa shape index (κ1) is 17.5. The second kappa shape index (κ2) is 6.48. The van der Waals surface area contributed by atoms with Crippen molar-refractivity contribution in [2.75, 3.05) is 0 Å². The fourth-order valence-corrected chi connectivity index (χ4v) is 2.55. The Bertz CT molecular complexity index is 645. The highest BCUT2D eigenvalue weighted by atomic mass is 32.2. The highest BCUT2D eigenvalue weighted by Crippen LogP contribution is 2.20. The number of primary sulfonamides is 1. The predicted molar refractivity (Wildman–Crippen MR) is 74.1 cm³/mol. The first-order chi connectivity index (χ1) is 9.59. The highest BCUT2D eigenvalue weighted by molar-refractivity contribution is 7.89. The van der Waals surface area contributed by atoms with Crippen molar-refractivity contribution in [1.82, 2.24) is 5.32 Å². The standard InChI is InChI=1S/C13H18F2N2O3S/c1-4-9(7(2)3)17-13(18)11-8(14)5-6-10(12(11)15)21(16,19)20/h5-7,9H,4H2,1-3H3,(H,17,18)(H2,16,19,20). The number of sulfonamides is 1. The third kappa shape index (κ3) is 3.98. The SMILES string of the molecule is CCC(NC(=O)c1c(F)ccc(S(N)(=O)=O)c1F)C(C)C. The normalized spacial score (nSPS) is 13.3. The fraction of sp³-hybridized carbons (Fsp3) is 0.462.